The van der Waals surface area contributed by atoms with Crippen molar-refractivity contribution < 1.29 is 9.59 Å². The Balaban J connectivity index is 1.58. The molecule has 0 spiro atoms. The number of carbonyl (C=O) groups is 2. The van der Waals surface area contributed by atoms with Crippen LogP contribution in [0.25, 0.3) is 0 Å². The van der Waals surface area contributed by atoms with E-state index in [1.54, 1.807) is 11.7 Å². The minimum Gasteiger partial charge on any atom is -0.338 e. The molecule has 116 valence electrons. The Morgan fingerprint density at radius 2 is 2.09 bits per heavy atom. The lowest BCUT2D eigenvalue weighted by Gasteiger charge is -2.30. The van der Waals surface area contributed by atoms with Crippen LogP contribution in [0.3, 0.4) is 0 Å². The number of nitrogens with one attached hydrogen (secondary N) is 1. The molecule has 0 saturated carbocycles. The summed E-state index contributed by atoms with van der Waals surface area (Å²) in [5.74, 6) is 0.313. The summed E-state index contributed by atoms with van der Waals surface area (Å²) in [5.41, 5.74) is 2.69. The number of rotatable bonds is 3. The molecule has 3 rings (SSSR count). The van der Waals surface area contributed by atoms with Crippen LogP contribution in [-0.4, -0.2) is 39.8 Å². The van der Waals surface area contributed by atoms with E-state index in [9.17, 15) is 9.59 Å². The van der Waals surface area contributed by atoms with Crippen LogP contribution in [0.1, 0.15) is 41.0 Å². The van der Waals surface area contributed by atoms with Gasteiger partial charge in [0.15, 0.2) is 5.13 Å². The van der Waals surface area contributed by atoms with Crippen LogP contribution in [0.2, 0.25) is 0 Å². The Morgan fingerprint density at radius 1 is 1.32 bits per heavy atom. The third-order valence-corrected chi connectivity index (χ3v) is 5.19. The van der Waals surface area contributed by atoms with Gasteiger partial charge in [0.05, 0.1) is 17.4 Å². The first-order chi connectivity index (χ1) is 10.6. The third-order valence-electron chi connectivity index (χ3n) is 3.65. The zero-order valence-electron chi connectivity index (χ0n) is 12.1. The molecule has 2 amide bonds. The van der Waals surface area contributed by atoms with Crippen molar-refractivity contribution in [3.8, 4) is 0 Å². The molecule has 0 bridgehead atoms. The average Bonchev–Trinajstić information content (AvgIpc) is 3.17. The quantitative estimate of drug-likeness (QED) is 0.935. The predicted molar refractivity (Wildman–Crippen MR) is 86.4 cm³/mol. The number of aromatic nitrogens is 2. The van der Waals surface area contributed by atoms with E-state index in [4.69, 9.17) is 0 Å². The molecular formula is C14H16N4O2S2. The first-order valence-electron chi connectivity index (χ1n) is 7.04. The van der Waals surface area contributed by atoms with Crippen molar-refractivity contribution >= 4 is 39.6 Å². The van der Waals surface area contributed by atoms with Gasteiger partial charge in [0.2, 0.25) is 5.91 Å². The van der Waals surface area contributed by atoms with Gasteiger partial charge in [-0.15, -0.1) is 22.7 Å². The molecule has 1 aliphatic rings. The van der Waals surface area contributed by atoms with Crippen molar-refractivity contribution in [2.45, 2.75) is 25.7 Å². The van der Waals surface area contributed by atoms with E-state index >= 15 is 0 Å². The van der Waals surface area contributed by atoms with Crippen LogP contribution in [0.4, 0.5) is 5.13 Å². The minimum atomic E-state index is -0.106. The predicted octanol–water partition coefficient (Wildman–Crippen LogP) is 2.58. The Labute approximate surface area is 136 Å². The van der Waals surface area contributed by atoms with E-state index in [0.29, 0.717) is 15.9 Å². The van der Waals surface area contributed by atoms with Gasteiger partial charge in [-0.1, -0.05) is 0 Å². The normalized spacial score (nSPS) is 15.8. The average molecular weight is 336 g/mol. The number of carbonyl (C=O) groups excluding carboxylic acids is 2. The Hall–Kier alpha value is -1.80. The van der Waals surface area contributed by atoms with Crippen LogP contribution in [0.5, 0.6) is 0 Å². The molecule has 0 radical (unpaired) electrons. The number of piperidine rings is 1. The molecule has 0 aliphatic carbocycles. The molecule has 6 nitrogen and oxygen atoms in total. The molecule has 1 fully saturated rings. The van der Waals surface area contributed by atoms with E-state index in [2.05, 4.69) is 15.3 Å². The van der Waals surface area contributed by atoms with E-state index in [1.165, 1.54) is 29.6 Å². The zero-order valence-corrected chi connectivity index (χ0v) is 13.7. The van der Waals surface area contributed by atoms with Gasteiger partial charge in [-0.05, 0) is 12.8 Å². The largest absolute Gasteiger partial charge is 0.338 e. The minimum absolute atomic E-state index is 0.0677. The summed E-state index contributed by atoms with van der Waals surface area (Å²) < 4.78 is 0. The van der Waals surface area contributed by atoms with E-state index < -0.39 is 0 Å². The number of hydrogen-bond acceptors (Lipinski definition) is 6. The van der Waals surface area contributed by atoms with Crippen LogP contribution in [0.15, 0.2) is 17.1 Å². The first kappa shape index (κ1) is 15.1. The number of nitrogens with zero attached hydrogens (tertiary/aromatic N) is 3. The standard InChI is InChI=1S/C14H16N4O2S2/c1-9(19)16-14-17-11(7-21-14)10-2-4-18(5-3-10)13(20)12-6-15-8-22-12/h6-8,10H,2-5H2,1H3,(H,16,17,19). The van der Waals surface area contributed by atoms with Crippen molar-refractivity contribution in [1.82, 2.24) is 14.9 Å². The Bertz CT molecular complexity index is 660. The van der Waals surface area contributed by atoms with Crippen molar-refractivity contribution in [2.24, 2.45) is 0 Å². The van der Waals surface area contributed by atoms with Gasteiger partial charge in [0, 0.05) is 31.3 Å². The monoisotopic (exact) mass is 336 g/mol. The molecule has 1 aliphatic heterocycles. The Morgan fingerprint density at radius 3 is 2.73 bits per heavy atom. The lowest BCUT2D eigenvalue weighted by molar-refractivity contribution is -0.114. The number of anilines is 1. The van der Waals surface area contributed by atoms with Crippen molar-refractivity contribution in [3.05, 3.63) is 27.7 Å². The topological polar surface area (TPSA) is 75.2 Å². The molecule has 22 heavy (non-hydrogen) atoms. The van der Waals surface area contributed by atoms with E-state index in [1.807, 2.05) is 10.3 Å². The highest BCUT2D eigenvalue weighted by atomic mass is 32.1. The zero-order chi connectivity index (χ0) is 15.5. The summed E-state index contributed by atoms with van der Waals surface area (Å²) in [6, 6.07) is 0. The number of hydrogen-bond donors (Lipinski definition) is 1. The maximum atomic E-state index is 12.3. The summed E-state index contributed by atoms with van der Waals surface area (Å²) in [7, 11) is 0. The maximum absolute atomic E-state index is 12.3. The van der Waals surface area contributed by atoms with Crippen LogP contribution in [-0.2, 0) is 4.79 Å². The van der Waals surface area contributed by atoms with Crippen LogP contribution < -0.4 is 5.32 Å². The number of amides is 2. The summed E-state index contributed by atoms with van der Waals surface area (Å²) in [4.78, 5) is 34.3. The van der Waals surface area contributed by atoms with Crippen LogP contribution in [0, 0.1) is 0 Å². The fourth-order valence-corrected chi connectivity index (χ4v) is 3.96. The third kappa shape index (κ3) is 3.33. The molecule has 0 unspecified atom stereocenters. The van der Waals surface area contributed by atoms with Crippen molar-refractivity contribution in [2.75, 3.05) is 18.4 Å². The number of thiazole rings is 2. The molecule has 1 saturated heterocycles. The molecule has 8 heteroatoms. The summed E-state index contributed by atoms with van der Waals surface area (Å²) in [5, 5.41) is 5.35. The van der Waals surface area contributed by atoms with Gasteiger partial charge in [-0.2, -0.15) is 0 Å². The summed E-state index contributed by atoms with van der Waals surface area (Å²) in [6.07, 6.45) is 3.42. The fourth-order valence-electron chi connectivity index (χ4n) is 2.54. The van der Waals surface area contributed by atoms with Gasteiger partial charge in [-0.3, -0.25) is 14.6 Å². The summed E-state index contributed by atoms with van der Waals surface area (Å²) >= 11 is 2.82. The SMILES string of the molecule is CC(=O)Nc1nc(C2CCN(C(=O)c3cncs3)CC2)cs1. The second-order valence-electron chi connectivity index (χ2n) is 5.19. The van der Waals surface area contributed by atoms with Crippen molar-refractivity contribution in [1.29, 1.82) is 0 Å². The second-order valence-corrected chi connectivity index (χ2v) is 6.94. The van der Waals surface area contributed by atoms with Gasteiger partial charge in [0.25, 0.3) is 5.91 Å². The highest BCUT2D eigenvalue weighted by Gasteiger charge is 2.26. The lowest BCUT2D eigenvalue weighted by Crippen LogP contribution is -2.37. The number of likely N-dealkylation sites (tertiary alicyclic amines) is 1. The van der Waals surface area contributed by atoms with Gasteiger partial charge in [-0.25, -0.2) is 4.98 Å². The highest BCUT2D eigenvalue weighted by molar-refractivity contribution is 7.14. The Kier molecular flexibility index (Phi) is 4.49. The fraction of sp³-hybridized carbons (Fsp3) is 0.429. The first-order valence-corrected chi connectivity index (χ1v) is 8.80. The van der Waals surface area contributed by atoms with E-state index in [0.717, 1.165) is 31.6 Å². The maximum Gasteiger partial charge on any atom is 0.265 e. The van der Waals surface area contributed by atoms with Crippen molar-refractivity contribution in [3.63, 3.8) is 0 Å². The molecule has 1 N–H and O–H groups in total. The van der Waals surface area contributed by atoms with Gasteiger partial charge < -0.3 is 10.2 Å². The highest BCUT2D eigenvalue weighted by Crippen LogP contribution is 2.31. The summed E-state index contributed by atoms with van der Waals surface area (Å²) in [6.45, 7) is 2.94. The molecule has 3 heterocycles. The molecule has 0 aromatic carbocycles. The second kappa shape index (κ2) is 6.53. The molecule has 2 aromatic heterocycles. The van der Waals surface area contributed by atoms with Gasteiger partial charge in [0.1, 0.15) is 4.88 Å². The molecule has 2 aromatic rings. The smallest absolute Gasteiger partial charge is 0.265 e. The van der Waals surface area contributed by atoms with Gasteiger partial charge >= 0.3 is 0 Å². The lowest BCUT2D eigenvalue weighted by atomic mass is 9.94. The van der Waals surface area contributed by atoms with Crippen LogP contribution >= 0.6 is 22.7 Å². The van der Waals surface area contributed by atoms with E-state index in [-0.39, 0.29) is 11.8 Å². The molecular weight excluding hydrogens is 320 g/mol. The molecule has 0 atom stereocenters.